The van der Waals surface area contributed by atoms with E-state index in [0.717, 1.165) is 12.8 Å². The molecular formula is C6H15O2P. The van der Waals surface area contributed by atoms with Crippen LogP contribution in [0.25, 0.3) is 0 Å². The van der Waals surface area contributed by atoms with Gasteiger partial charge >= 0.3 is 5.97 Å². The van der Waals surface area contributed by atoms with E-state index in [1.165, 1.54) is 6.92 Å². The number of unbranched alkanes of at least 4 members (excludes halogenated alkanes) is 1. The molecule has 0 bridgehead atoms. The first-order chi connectivity index (χ1) is 3.77. The van der Waals surface area contributed by atoms with Gasteiger partial charge in [0.1, 0.15) is 0 Å². The third kappa shape index (κ3) is 11.5. The Morgan fingerprint density at radius 1 is 1.56 bits per heavy atom. The van der Waals surface area contributed by atoms with E-state index in [-0.39, 0.29) is 15.9 Å². The lowest BCUT2D eigenvalue weighted by Gasteiger charge is -1.96. The van der Waals surface area contributed by atoms with Crippen molar-refractivity contribution in [3.05, 3.63) is 0 Å². The molecule has 0 N–H and O–H groups in total. The summed E-state index contributed by atoms with van der Waals surface area (Å²) >= 11 is 0. The van der Waals surface area contributed by atoms with Gasteiger partial charge in [-0.15, -0.1) is 0 Å². The van der Waals surface area contributed by atoms with E-state index >= 15 is 0 Å². The van der Waals surface area contributed by atoms with Gasteiger partial charge in [-0.05, 0) is 6.42 Å². The first-order valence-corrected chi connectivity index (χ1v) is 2.90. The van der Waals surface area contributed by atoms with E-state index in [2.05, 4.69) is 11.7 Å². The summed E-state index contributed by atoms with van der Waals surface area (Å²) in [5, 5.41) is 0. The molecule has 0 aromatic rings. The normalized spacial score (nSPS) is 7.78. The Hall–Kier alpha value is -0.100. The van der Waals surface area contributed by atoms with Gasteiger partial charge in [-0.2, -0.15) is 9.90 Å². The smallest absolute Gasteiger partial charge is 0.302 e. The van der Waals surface area contributed by atoms with Crippen LogP contribution in [0.5, 0.6) is 0 Å². The maximum Gasteiger partial charge on any atom is 0.302 e. The van der Waals surface area contributed by atoms with Crippen LogP contribution in [0.1, 0.15) is 26.7 Å². The topological polar surface area (TPSA) is 26.3 Å². The fourth-order valence-electron chi connectivity index (χ4n) is 0.360. The van der Waals surface area contributed by atoms with Gasteiger partial charge in [-0.3, -0.25) is 4.79 Å². The van der Waals surface area contributed by atoms with Crippen LogP contribution in [-0.4, -0.2) is 12.6 Å². The number of esters is 1. The second-order valence-corrected chi connectivity index (χ2v) is 1.69. The molecule has 0 aliphatic heterocycles. The van der Waals surface area contributed by atoms with Crippen LogP contribution in [-0.2, 0) is 9.53 Å². The minimum atomic E-state index is -0.182. The summed E-state index contributed by atoms with van der Waals surface area (Å²) in [6, 6.07) is 0. The molecule has 0 rings (SSSR count). The molecule has 0 amide bonds. The molecule has 0 fully saturated rings. The number of carbonyl (C=O) groups is 1. The van der Waals surface area contributed by atoms with Crippen molar-refractivity contribution in [2.75, 3.05) is 6.61 Å². The van der Waals surface area contributed by atoms with Crippen LogP contribution in [0.2, 0.25) is 0 Å². The standard InChI is InChI=1S/C6H12O2.H3P/c1-3-4-5-8-6(2)7;/h3-5H2,1-2H3;1H3. The molecule has 0 saturated heterocycles. The Balaban J connectivity index is 0. The highest BCUT2D eigenvalue weighted by Crippen LogP contribution is 1.86. The van der Waals surface area contributed by atoms with E-state index in [1.54, 1.807) is 0 Å². The van der Waals surface area contributed by atoms with Gasteiger partial charge in [0.05, 0.1) is 6.61 Å². The van der Waals surface area contributed by atoms with Crippen LogP contribution in [0.4, 0.5) is 0 Å². The Labute approximate surface area is 59.6 Å². The summed E-state index contributed by atoms with van der Waals surface area (Å²) in [5.74, 6) is -0.182. The summed E-state index contributed by atoms with van der Waals surface area (Å²) in [6.07, 6.45) is 2.05. The molecule has 56 valence electrons. The van der Waals surface area contributed by atoms with Gasteiger partial charge in [0.25, 0.3) is 0 Å². The highest BCUT2D eigenvalue weighted by Gasteiger charge is 1.88. The monoisotopic (exact) mass is 150 g/mol. The molecule has 0 aliphatic rings. The molecule has 0 spiro atoms. The van der Waals surface area contributed by atoms with Crippen molar-refractivity contribution < 1.29 is 9.53 Å². The maximum absolute atomic E-state index is 10.1. The third-order valence-corrected chi connectivity index (χ3v) is 0.803. The molecule has 9 heavy (non-hydrogen) atoms. The van der Waals surface area contributed by atoms with Crippen molar-refractivity contribution in [3.8, 4) is 0 Å². The van der Waals surface area contributed by atoms with E-state index in [1.807, 2.05) is 0 Å². The summed E-state index contributed by atoms with van der Waals surface area (Å²) in [4.78, 5) is 10.1. The molecule has 0 aromatic carbocycles. The first kappa shape index (κ1) is 11.7. The average molecular weight is 150 g/mol. The Morgan fingerprint density at radius 2 is 2.11 bits per heavy atom. The minimum Gasteiger partial charge on any atom is -0.466 e. The van der Waals surface area contributed by atoms with Crippen LogP contribution in [0, 0.1) is 0 Å². The number of rotatable bonds is 3. The Bertz CT molecular complexity index is 73.5. The lowest BCUT2D eigenvalue weighted by molar-refractivity contribution is -0.141. The molecule has 0 radical (unpaired) electrons. The zero-order chi connectivity index (χ0) is 6.41. The Morgan fingerprint density at radius 3 is 2.44 bits per heavy atom. The quantitative estimate of drug-likeness (QED) is 0.345. The van der Waals surface area contributed by atoms with Crippen molar-refractivity contribution in [2.45, 2.75) is 26.7 Å². The van der Waals surface area contributed by atoms with E-state index in [4.69, 9.17) is 0 Å². The lowest BCUT2D eigenvalue weighted by atomic mass is 10.4. The van der Waals surface area contributed by atoms with Crippen molar-refractivity contribution in [3.63, 3.8) is 0 Å². The van der Waals surface area contributed by atoms with Gasteiger partial charge in [0, 0.05) is 6.92 Å². The molecular weight excluding hydrogens is 135 g/mol. The van der Waals surface area contributed by atoms with Crippen LogP contribution >= 0.6 is 9.90 Å². The maximum atomic E-state index is 10.1. The van der Waals surface area contributed by atoms with Gasteiger partial charge in [-0.1, -0.05) is 13.3 Å². The summed E-state index contributed by atoms with van der Waals surface area (Å²) < 4.78 is 4.64. The van der Waals surface area contributed by atoms with Crippen molar-refractivity contribution in [2.24, 2.45) is 0 Å². The highest BCUT2D eigenvalue weighted by atomic mass is 31.0. The van der Waals surface area contributed by atoms with Crippen molar-refractivity contribution >= 4 is 15.9 Å². The summed E-state index contributed by atoms with van der Waals surface area (Å²) in [6.45, 7) is 4.06. The molecule has 0 aromatic heterocycles. The second-order valence-electron chi connectivity index (χ2n) is 1.69. The largest absolute Gasteiger partial charge is 0.466 e. The molecule has 1 unspecified atom stereocenters. The van der Waals surface area contributed by atoms with Crippen LogP contribution in [0.3, 0.4) is 0 Å². The number of carbonyl (C=O) groups excluding carboxylic acids is 1. The van der Waals surface area contributed by atoms with E-state index in [9.17, 15) is 4.79 Å². The summed E-state index contributed by atoms with van der Waals surface area (Å²) in [5.41, 5.74) is 0. The molecule has 0 heterocycles. The number of hydrogen-bond donors (Lipinski definition) is 0. The van der Waals surface area contributed by atoms with Crippen molar-refractivity contribution in [1.29, 1.82) is 0 Å². The molecule has 0 saturated carbocycles. The average Bonchev–Trinajstić information content (AvgIpc) is 1.66. The highest BCUT2D eigenvalue weighted by molar-refractivity contribution is 6.92. The SMILES string of the molecule is CCCCOC(C)=O.P. The lowest BCUT2D eigenvalue weighted by Crippen LogP contribution is -1.99. The predicted octanol–water partition coefficient (Wildman–Crippen LogP) is 1.41. The van der Waals surface area contributed by atoms with Gasteiger partial charge < -0.3 is 4.74 Å². The number of ether oxygens (including phenoxy) is 1. The predicted molar refractivity (Wildman–Crippen MR) is 42.6 cm³/mol. The zero-order valence-corrected chi connectivity index (χ0v) is 7.56. The molecule has 2 nitrogen and oxygen atoms in total. The van der Waals surface area contributed by atoms with E-state index in [0.29, 0.717) is 6.61 Å². The van der Waals surface area contributed by atoms with Crippen molar-refractivity contribution in [1.82, 2.24) is 0 Å². The van der Waals surface area contributed by atoms with Gasteiger partial charge in [-0.25, -0.2) is 0 Å². The Kier molecular flexibility index (Phi) is 10.2. The van der Waals surface area contributed by atoms with Crippen LogP contribution in [0.15, 0.2) is 0 Å². The fourth-order valence-corrected chi connectivity index (χ4v) is 0.360. The number of hydrogen-bond acceptors (Lipinski definition) is 2. The van der Waals surface area contributed by atoms with Gasteiger partial charge in [0.15, 0.2) is 0 Å². The minimum absolute atomic E-state index is 0. The molecule has 0 aliphatic carbocycles. The van der Waals surface area contributed by atoms with E-state index < -0.39 is 0 Å². The molecule has 3 heteroatoms. The third-order valence-electron chi connectivity index (χ3n) is 0.803. The first-order valence-electron chi connectivity index (χ1n) is 2.90. The fraction of sp³-hybridized carbons (Fsp3) is 0.833. The molecule has 1 atom stereocenters. The second kappa shape index (κ2) is 7.90. The van der Waals surface area contributed by atoms with Gasteiger partial charge in [0.2, 0.25) is 0 Å². The zero-order valence-electron chi connectivity index (χ0n) is 6.14. The van der Waals surface area contributed by atoms with Crippen LogP contribution < -0.4 is 0 Å². The summed E-state index contributed by atoms with van der Waals surface area (Å²) in [7, 11) is 0.